The fourth-order valence-corrected chi connectivity index (χ4v) is 1.83. The SMILES string of the molecule is Cn1cc(Oc2c(Cl)cc(N)cc2Cl)cn1. The first-order valence-electron chi connectivity index (χ1n) is 4.47. The summed E-state index contributed by atoms with van der Waals surface area (Å²) in [6.45, 7) is 0. The zero-order chi connectivity index (χ0) is 11.7. The van der Waals surface area contributed by atoms with E-state index >= 15 is 0 Å². The van der Waals surface area contributed by atoms with Gasteiger partial charge in [-0.25, -0.2) is 0 Å². The molecule has 0 unspecified atom stereocenters. The third-order valence-corrected chi connectivity index (χ3v) is 2.48. The van der Waals surface area contributed by atoms with Gasteiger partial charge in [0.15, 0.2) is 11.5 Å². The molecule has 16 heavy (non-hydrogen) atoms. The fraction of sp³-hybridized carbons (Fsp3) is 0.100. The van der Waals surface area contributed by atoms with Crippen molar-refractivity contribution in [2.45, 2.75) is 0 Å². The van der Waals surface area contributed by atoms with Crippen molar-refractivity contribution in [1.82, 2.24) is 9.78 Å². The molecule has 0 aliphatic heterocycles. The lowest BCUT2D eigenvalue weighted by Gasteiger charge is -2.08. The van der Waals surface area contributed by atoms with E-state index in [-0.39, 0.29) is 0 Å². The number of aryl methyl sites for hydroxylation is 1. The van der Waals surface area contributed by atoms with Gasteiger partial charge in [-0.3, -0.25) is 4.68 Å². The van der Waals surface area contributed by atoms with Crippen molar-refractivity contribution < 1.29 is 4.74 Å². The van der Waals surface area contributed by atoms with E-state index in [4.69, 9.17) is 33.7 Å². The maximum atomic E-state index is 5.97. The highest BCUT2D eigenvalue weighted by Gasteiger charge is 2.10. The predicted octanol–water partition coefficient (Wildman–Crippen LogP) is 3.10. The van der Waals surface area contributed by atoms with Crippen molar-refractivity contribution in [3.8, 4) is 11.5 Å². The van der Waals surface area contributed by atoms with Crippen LogP contribution in [0.3, 0.4) is 0 Å². The first-order chi connectivity index (χ1) is 7.56. The standard InChI is InChI=1S/C10H9Cl2N3O/c1-15-5-7(4-14-15)16-10-8(11)2-6(13)3-9(10)12/h2-5H,13H2,1H3. The molecule has 0 radical (unpaired) electrons. The summed E-state index contributed by atoms with van der Waals surface area (Å²) in [5, 5.41) is 4.71. The average Bonchev–Trinajstić information content (AvgIpc) is 2.58. The molecule has 1 aromatic heterocycles. The zero-order valence-corrected chi connectivity index (χ0v) is 9.96. The Morgan fingerprint density at radius 1 is 1.31 bits per heavy atom. The Hall–Kier alpha value is -1.39. The number of nitrogens with two attached hydrogens (primary N) is 1. The second-order valence-electron chi connectivity index (χ2n) is 3.27. The maximum Gasteiger partial charge on any atom is 0.165 e. The number of benzene rings is 1. The average molecular weight is 258 g/mol. The van der Waals surface area contributed by atoms with Crippen LogP contribution in [0.25, 0.3) is 0 Å². The summed E-state index contributed by atoms with van der Waals surface area (Å²) < 4.78 is 7.13. The van der Waals surface area contributed by atoms with Crippen LogP contribution >= 0.6 is 23.2 Å². The van der Waals surface area contributed by atoms with Crippen LogP contribution in [-0.2, 0) is 7.05 Å². The van der Waals surface area contributed by atoms with Gasteiger partial charge in [0.05, 0.1) is 22.4 Å². The number of rotatable bonds is 2. The quantitative estimate of drug-likeness (QED) is 0.842. The van der Waals surface area contributed by atoms with E-state index in [2.05, 4.69) is 5.10 Å². The lowest BCUT2D eigenvalue weighted by atomic mass is 10.3. The van der Waals surface area contributed by atoms with Gasteiger partial charge in [0, 0.05) is 12.7 Å². The highest BCUT2D eigenvalue weighted by atomic mass is 35.5. The van der Waals surface area contributed by atoms with Crippen molar-refractivity contribution in [3.63, 3.8) is 0 Å². The van der Waals surface area contributed by atoms with E-state index in [1.165, 1.54) is 0 Å². The molecule has 0 aliphatic carbocycles. The molecule has 2 rings (SSSR count). The lowest BCUT2D eigenvalue weighted by molar-refractivity contribution is 0.482. The minimum absolute atomic E-state index is 0.369. The fourth-order valence-electron chi connectivity index (χ4n) is 1.25. The molecular formula is C10H9Cl2N3O. The Balaban J connectivity index is 2.34. The molecular weight excluding hydrogens is 249 g/mol. The molecule has 4 nitrogen and oxygen atoms in total. The maximum absolute atomic E-state index is 5.97. The zero-order valence-electron chi connectivity index (χ0n) is 8.45. The molecule has 6 heteroatoms. The summed E-state index contributed by atoms with van der Waals surface area (Å²) in [6, 6.07) is 3.16. The smallest absolute Gasteiger partial charge is 0.165 e. The van der Waals surface area contributed by atoms with Crippen LogP contribution < -0.4 is 10.5 Å². The summed E-state index contributed by atoms with van der Waals surface area (Å²) in [4.78, 5) is 0. The summed E-state index contributed by atoms with van der Waals surface area (Å²) in [7, 11) is 1.79. The van der Waals surface area contributed by atoms with Crippen molar-refractivity contribution in [2.24, 2.45) is 7.05 Å². The first kappa shape index (κ1) is 11.1. The van der Waals surface area contributed by atoms with Crippen LogP contribution in [0.2, 0.25) is 10.0 Å². The van der Waals surface area contributed by atoms with Gasteiger partial charge < -0.3 is 10.5 Å². The largest absolute Gasteiger partial charge is 0.451 e. The molecule has 0 bridgehead atoms. The Morgan fingerprint density at radius 2 is 1.94 bits per heavy atom. The van der Waals surface area contributed by atoms with Gasteiger partial charge in [-0.2, -0.15) is 5.10 Å². The molecule has 0 amide bonds. The lowest BCUT2D eigenvalue weighted by Crippen LogP contribution is -1.89. The molecule has 0 saturated carbocycles. The second kappa shape index (κ2) is 4.23. The van der Waals surface area contributed by atoms with Gasteiger partial charge in [0.25, 0.3) is 0 Å². The third kappa shape index (κ3) is 2.23. The van der Waals surface area contributed by atoms with Crippen molar-refractivity contribution in [3.05, 3.63) is 34.6 Å². The molecule has 0 spiro atoms. The first-order valence-corrected chi connectivity index (χ1v) is 5.23. The van der Waals surface area contributed by atoms with Crippen LogP contribution in [0, 0.1) is 0 Å². The predicted molar refractivity (Wildman–Crippen MR) is 64.2 cm³/mol. The summed E-state index contributed by atoms with van der Waals surface area (Å²) in [5.74, 6) is 0.946. The van der Waals surface area contributed by atoms with Gasteiger partial charge in [0.1, 0.15) is 0 Å². The molecule has 0 atom stereocenters. The van der Waals surface area contributed by atoms with E-state index in [9.17, 15) is 0 Å². The van der Waals surface area contributed by atoms with Gasteiger partial charge in [-0.05, 0) is 12.1 Å². The van der Waals surface area contributed by atoms with Crippen LogP contribution in [-0.4, -0.2) is 9.78 Å². The topological polar surface area (TPSA) is 53.1 Å². The second-order valence-corrected chi connectivity index (χ2v) is 4.08. The number of ether oxygens (including phenoxy) is 1. The van der Waals surface area contributed by atoms with E-state index in [1.54, 1.807) is 36.3 Å². The van der Waals surface area contributed by atoms with Gasteiger partial charge in [0.2, 0.25) is 0 Å². The van der Waals surface area contributed by atoms with E-state index < -0.39 is 0 Å². The van der Waals surface area contributed by atoms with Gasteiger partial charge >= 0.3 is 0 Å². The summed E-state index contributed by atoms with van der Waals surface area (Å²) in [6.07, 6.45) is 3.28. The molecule has 1 aromatic carbocycles. The molecule has 0 saturated heterocycles. The molecule has 84 valence electrons. The molecule has 0 fully saturated rings. The number of aromatic nitrogens is 2. The number of nitrogens with zero attached hydrogens (tertiary/aromatic N) is 2. The Bertz CT molecular complexity index is 502. The molecule has 2 N–H and O–H groups in total. The van der Waals surface area contributed by atoms with Crippen LogP contribution in [0.5, 0.6) is 11.5 Å². The normalized spacial score (nSPS) is 10.4. The minimum Gasteiger partial charge on any atom is -0.451 e. The number of hydrogen-bond acceptors (Lipinski definition) is 3. The molecule has 2 aromatic rings. The Labute approximate surface area is 103 Å². The van der Waals surface area contributed by atoms with E-state index in [0.717, 1.165) is 0 Å². The van der Waals surface area contributed by atoms with Crippen LogP contribution in [0.1, 0.15) is 0 Å². The summed E-state index contributed by atoms with van der Waals surface area (Å²) >= 11 is 11.9. The summed E-state index contributed by atoms with van der Waals surface area (Å²) in [5.41, 5.74) is 6.08. The highest BCUT2D eigenvalue weighted by Crippen LogP contribution is 2.37. The van der Waals surface area contributed by atoms with Crippen molar-refractivity contribution >= 4 is 28.9 Å². The van der Waals surface area contributed by atoms with Gasteiger partial charge in [-0.1, -0.05) is 23.2 Å². The molecule has 0 aliphatic rings. The number of anilines is 1. The number of halogens is 2. The Morgan fingerprint density at radius 3 is 2.44 bits per heavy atom. The number of hydrogen-bond donors (Lipinski definition) is 1. The highest BCUT2D eigenvalue weighted by molar-refractivity contribution is 6.37. The Kier molecular flexibility index (Phi) is 2.94. The van der Waals surface area contributed by atoms with E-state index in [0.29, 0.717) is 27.2 Å². The van der Waals surface area contributed by atoms with Crippen LogP contribution in [0.15, 0.2) is 24.5 Å². The third-order valence-electron chi connectivity index (χ3n) is 1.92. The monoisotopic (exact) mass is 257 g/mol. The van der Waals surface area contributed by atoms with Crippen LogP contribution in [0.4, 0.5) is 5.69 Å². The van der Waals surface area contributed by atoms with Crippen molar-refractivity contribution in [2.75, 3.05) is 5.73 Å². The minimum atomic E-state index is 0.369. The molecule has 1 heterocycles. The van der Waals surface area contributed by atoms with Gasteiger partial charge in [-0.15, -0.1) is 0 Å². The van der Waals surface area contributed by atoms with E-state index in [1.807, 2.05) is 0 Å². The number of nitrogen functional groups attached to an aromatic ring is 1. The van der Waals surface area contributed by atoms with Crippen molar-refractivity contribution in [1.29, 1.82) is 0 Å².